The average Bonchev–Trinajstić information content (AvgIpc) is 3.26. The standard InChI is InChI=1S/C26H28N8O2/c1-2-33-20-14-18(4-6-22(20)36-17-24(33)35)25-21(34-15-19(27)5-7-23(34)30-25)16-31-10-12-32(13-11-31)26-28-8-3-9-29-26/h3-9,14-15H,2,10-13,16-17,27H2,1H3. The lowest BCUT2D eigenvalue weighted by atomic mass is 10.1. The van der Waals surface area contributed by atoms with Crippen molar-refractivity contribution in [3.05, 3.63) is 60.7 Å². The molecule has 0 atom stereocenters. The summed E-state index contributed by atoms with van der Waals surface area (Å²) in [5.74, 6) is 1.45. The van der Waals surface area contributed by atoms with Gasteiger partial charge >= 0.3 is 0 Å². The summed E-state index contributed by atoms with van der Waals surface area (Å²) in [6, 6.07) is 11.6. The number of pyridine rings is 1. The lowest BCUT2D eigenvalue weighted by Gasteiger charge is -2.34. The number of likely N-dealkylation sites (N-methyl/N-ethyl adjacent to an activating group) is 1. The molecule has 4 aromatic rings. The number of aromatic nitrogens is 4. The van der Waals surface area contributed by atoms with Crippen LogP contribution in [0.1, 0.15) is 12.6 Å². The van der Waals surface area contributed by atoms with E-state index in [-0.39, 0.29) is 12.5 Å². The van der Waals surface area contributed by atoms with Gasteiger partial charge in [0.25, 0.3) is 5.91 Å². The Hall–Kier alpha value is -4.18. The molecule has 2 aliphatic rings. The summed E-state index contributed by atoms with van der Waals surface area (Å²) in [6.07, 6.45) is 5.49. The Morgan fingerprint density at radius 3 is 2.64 bits per heavy atom. The second-order valence-corrected chi connectivity index (χ2v) is 9.02. The van der Waals surface area contributed by atoms with Crippen molar-refractivity contribution in [3.63, 3.8) is 0 Å². The molecule has 0 saturated carbocycles. The van der Waals surface area contributed by atoms with Crippen LogP contribution in [-0.2, 0) is 11.3 Å². The summed E-state index contributed by atoms with van der Waals surface area (Å²) < 4.78 is 7.75. The van der Waals surface area contributed by atoms with E-state index >= 15 is 0 Å². The minimum atomic E-state index is -0.0367. The molecule has 6 rings (SSSR count). The van der Waals surface area contributed by atoms with Gasteiger partial charge in [-0.2, -0.15) is 0 Å². The number of hydrogen-bond donors (Lipinski definition) is 1. The largest absolute Gasteiger partial charge is 0.482 e. The number of amides is 1. The van der Waals surface area contributed by atoms with Crippen LogP contribution < -0.4 is 20.3 Å². The van der Waals surface area contributed by atoms with Crippen molar-refractivity contribution in [2.24, 2.45) is 0 Å². The minimum Gasteiger partial charge on any atom is -0.482 e. The first-order valence-electron chi connectivity index (χ1n) is 12.2. The topological polar surface area (TPSA) is 105 Å². The first-order chi connectivity index (χ1) is 17.6. The normalized spacial score (nSPS) is 16.3. The Balaban J connectivity index is 1.33. The maximum absolute atomic E-state index is 12.4. The number of benzene rings is 1. The third kappa shape index (κ3) is 3.99. The molecular weight excluding hydrogens is 456 g/mol. The van der Waals surface area contributed by atoms with Gasteiger partial charge in [-0.25, -0.2) is 15.0 Å². The number of imidazole rings is 1. The number of anilines is 3. The number of carbonyl (C=O) groups excluding carboxylic acids is 1. The molecule has 2 N–H and O–H groups in total. The van der Waals surface area contributed by atoms with Crippen LogP contribution in [0.25, 0.3) is 16.9 Å². The highest BCUT2D eigenvalue weighted by Crippen LogP contribution is 2.37. The van der Waals surface area contributed by atoms with Crippen LogP contribution in [-0.4, -0.2) is 69.5 Å². The van der Waals surface area contributed by atoms with Gasteiger partial charge in [-0.1, -0.05) is 0 Å². The van der Waals surface area contributed by atoms with Gasteiger partial charge in [-0.15, -0.1) is 0 Å². The second-order valence-electron chi connectivity index (χ2n) is 9.02. The van der Waals surface area contributed by atoms with Crippen LogP contribution in [0.3, 0.4) is 0 Å². The molecule has 10 nitrogen and oxygen atoms in total. The number of nitrogen functional groups attached to an aromatic ring is 1. The molecule has 5 heterocycles. The molecule has 0 bridgehead atoms. The van der Waals surface area contributed by atoms with Gasteiger partial charge in [0, 0.05) is 69.1 Å². The van der Waals surface area contributed by atoms with Gasteiger partial charge in [-0.05, 0) is 43.3 Å². The number of piperazine rings is 1. The molecule has 3 aromatic heterocycles. The first kappa shape index (κ1) is 22.3. The van der Waals surface area contributed by atoms with Gasteiger partial charge < -0.3 is 24.7 Å². The molecule has 1 aromatic carbocycles. The van der Waals surface area contributed by atoms with E-state index in [1.807, 2.05) is 49.5 Å². The van der Waals surface area contributed by atoms with Gasteiger partial charge in [-0.3, -0.25) is 9.69 Å². The van der Waals surface area contributed by atoms with Gasteiger partial charge in [0.05, 0.1) is 17.1 Å². The zero-order valence-electron chi connectivity index (χ0n) is 20.2. The van der Waals surface area contributed by atoms with E-state index in [2.05, 4.69) is 24.2 Å². The van der Waals surface area contributed by atoms with Crippen LogP contribution in [0.4, 0.5) is 17.3 Å². The summed E-state index contributed by atoms with van der Waals surface area (Å²) in [7, 11) is 0. The number of hydrogen-bond acceptors (Lipinski definition) is 8. The first-order valence-corrected chi connectivity index (χ1v) is 12.2. The zero-order chi connectivity index (χ0) is 24.6. The van der Waals surface area contributed by atoms with Crippen molar-refractivity contribution in [2.45, 2.75) is 13.5 Å². The van der Waals surface area contributed by atoms with E-state index < -0.39 is 0 Å². The molecule has 1 fully saturated rings. The Labute approximate surface area is 208 Å². The van der Waals surface area contributed by atoms with Crippen LogP contribution in [0.15, 0.2) is 55.0 Å². The molecule has 2 aliphatic heterocycles. The molecule has 184 valence electrons. The molecule has 10 heteroatoms. The summed E-state index contributed by atoms with van der Waals surface area (Å²) in [6.45, 7) is 6.80. The quantitative estimate of drug-likeness (QED) is 0.461. The van der Waals surface area contributed by atoms with E-state index in [0.717, 1.165) is 60.4 Å². The van der Waals surface area contributed by atoms with E-state index in [9.17, 15) is 4.79 Å². The number of carbonyl (C=O) groups is 1. The number of fused-ring (bicyclic) bond motifs is 2. The Morgan fingerprint density at radius 2 is 1.86 bits per heavy atom. The van der Waals surface area contributed by atoms with Crippen LogP contribution in [0.5, 0.6) is 5.75 Å². The molecule has 0 spiro atoms. The third-order valence-electron chi connectivity index (χ3n) is 6.81. The van der Waals surface area contributed by atoms with Crippen LogP contribution in [0.2, 0.25) is 0 Å². The second kappa shape index (κ2) is 9.12. The van der Waals surface area contributed by atoms with Crippen LogP contribution >= 0.6 is 0 Å². The summed E-state index contributed by atoms with van der Waals surface area (Å²) in [5.41, 5.74) is 11.3. The monoisotopic (exact) mass is 484 g/mol. The highest BCUT2D eigenvalue weighted by molar-refractivity contribution is 5.98. The summed E-state index contributed by atoms with van der Waals surface area (Å²) in [5, 5.41) is 0. The predicted molar refractivity (Wildman–Crippen MR) is 138 cm³/mol. The van der Waals surface area contributed by atoms with Crippen molar-refractivity contribution in [2.75, 3.05) is 54.9 Å². The van der Waals surface area contributed by atoms with Gasteiger partial charge in [0.15, 0.2) is 6.61 Å². The Kier molecular flexibility index (Phi) is 5.65. The SMILES string of the molecule is CCN1C(=O)COc2ccc(-c3nc4ccc(N)cn4c3CN3CCN(c4ncccn4)CC3)cc21. The predicted octanol–water partition coefficient (Wildman–Crippen LogP) is 2.44. The molecule has 1 amide bonds. The molecule has 1 saturated heterocycles. The molecular formula is C26H28N8O2. The summed E-state index contributed by atoms with van der Waals surface area (Å²) >= 11 is 0. The van der Waals surface area contributed by atoms with Crippen molar-refractivity contribution in [1.82, 2.24) is 24.3 Å². The maximum atomic E-state index is 12.4. The highest BCUT2D eigenvalue weighted by atomic mass is 16.5. The van der Waals surface area contributed by atoms with E-state index in [4.69, 9.17) is 15.5 Å². The van der Waals surface area contributed by atoms with Gasteiger partial charge in [0.1, 0.15) is 11.4 Å². The molecule has 36 heavy (non-hydrogen) atoms. The fourth-order valence-electron chi connectivity index (χ4n) is 4.96. The lowest BCUT2D eigenvalue weighted by Crippen LogP contribution is -2.46. The Bertz CT molecular complexity index is 1410. The van der Waals surface area contributed by atoms with E-state index in [1.54, 1.807) is 17.3 Å². The third-order valence-corrected chi connectivity index (χ3v) is 6.81. The minimum absolute atomic E-state index is 0.0367. The van der Waals surface area contributed by atoms with Crippen molar-refractivity contribution in [3.8, 4) is 17.0 Å². The number of rotatable bonds is 5. The van der Waals surface area contributed by atoms with Gasteiger partial charge in [0.2, 0.25) is 5.95 Å². The Morgan fingerprint density at radius 1 is 1.06 bits per heavy atom. The fourth-order valence-corrected chi connectivity index (χ4v) is 4.96. The number of ether oxygens (including phenoxy) is 1. The lowest BCUT2D eigenvalue weighted by molar-refractivity contribution is -0.121. The van der Waals surface area contributed by atoms with Crippen molar-refractivity contribution < 1.29 is 9.53 Å². The maximum Gasteiger partial charge on any atom is 0.265 e. The van der Waals surface area contributed by atoms with E-state index in [0.29, 0.717) is 24.5 Å². The highest BCUT2D eigenvalue weighted by Gasteiger charge is 2.27. The van der Waals surface area contributed by atoms with Crippen molar-refractivity contribution >= 4 is 28.9 Å². The van der Waals surface area contributed by atoms with Crippen molar-refractivity contribution in [1.29, 1.82) is 0 Å². The van der Waals surface area contributed by atoms with Crippen LogP contribution in [0, 0.1) is 0 Å². The number of nitrogens with two attached hydrogens (primary N) is 1. The zero-order valence-corrected chi connectivity index (χ0v) is 20.2. The molecule has 0 radical (unpaired) electrons. The smallest absolute Gasteiger partial charge is 0.265 e. The fraction of sp³-hybridized carbons (Fsp3) is 0.308. The van der Waals surface area contributed by atoms with E-state index in [1.165, 1.54) is 0 Å². The molecule has 0 aliphatic carbocycles. The number of nitrogens with zero attached hydrogens (tertiary/aromatic N) is 7. The molecule has 0 unspecified atom stereocenters. The average molecular weight is 485 g/mol. The summed E-state index contributed by atoms with van der Waals surface area (Å²) in [4.78, 5) is 32.6.